The van der Waals surface area contributed by atoms with E-state index < -0.39 is 11.9 Å². The zero-order valence-electron chi connectivity index (χ0n) is 9.54. The van der Waals surface area contributed by atoms with Crippen LogP contribution in [0.15, 0.2) is 12.4 Å². The molecule has 2 rings (SSSR count). The van der Waals surface area contributed by atoms with E-state index in [4.69, 9.17) is 10.8 Å². The van der Waals surface area contributed by atoms with Crippen LogP contribution in [0.25, 0.3) is 11.2 Å². The number of carbonyl (C=O) groups is 2. The van der Waals surface area contributed by atoms with Crippen molar-refractivity contribution in [1.29, 1.82) is 0 Å². The SMILES string of the molecule is CN(CC(N)=O)c1cnc2[nH]cc(C(=O)O)c2n1. The Hall–Kier alpha value is -2.64. The van der Waals surface area contributed by atoms with Crippen LogP contribution in [0.5, 0.6) is 0 Å². The maximum absolute atomic E-state index is 11.0. The molecule has 4 N–H and O–H groups in total. The van der Waals surface area contributed by atoms with E-state index >= 15 is 0 Å². The Balaban J connectivity index is 2.45. The van der Waals surface area contributed by atoms with Gasteiger partial charge in [0.05, 0.1) is 12.7 Å². The lowest BCUT2D eigenvalue weighted by Gasteiger charge is -2.15. The third kappa shape index (κ3) is 2.08. The molecule has 0 saturated carbocycles. The Morgan fingerprint density at radius 1 is 1.56 bits per heavy atom. The van der Waals surface area contributed by atoms with E-state index in [-0.39, 0.29) is 17.6 Å². The Bertz CT molecular complexity index is 621. The van der Waals surface area contributed by atoms with E-state index in [9.17, 15) is 9.59 Å². The lowest BCUT2D eigenvalue weighted by atomic mass is 10.3. The second-order valence-corrected chi connectivity index (χ2v) is 3.76. The highest BCUT2D eigenvalue weighted by molar-refractivity contribution is 6.00. The van der Waals surface area contributed by atoms with Gasteiger partial charge in [0.15, 0.2) is 5.65 Å². The van der Waals surface area contributed by atoms with Gasteiger partial charge in [0.25, 0.3) is 0 Å². The van der Waals surface area contributed by atoms with E-state index in [0.717, 1.165) is 0 Å². The molecule has 0 fully saturated rings. The predicted octanol–water partition coefficient (Wildman–Crippen LogP) is -0.422. The average Bonchev–Trinajstić information content (AvgIpc) is 2.70. The largest absolute Gasteiger partial charge is 0.478 e. The van der Waals surface area contributed by atoms with Gasteiger partial charge >= 0.3 is 5.97 Å². The van der Waals surface area contributed by atoms with Crippen molar-refractivity contribution < 1.29 is 14.7 Å². The fraction of sp³-hybridized carbons (Fsp3) is 0.200. The van der Waals surface area contributed by atoms with Crippen LogP contribution < -0.4 is 10.6 Å². The average molecular weight is 249 g/mol. The number of primary amides is 1. The minimum Gasteiger partial charge on any atom is -0.478 e. The lowest BCUT2D eigenvalue weighted by molar-refractivity contribution is -0.116. The van der Waals surface area contributed by atoms with Gasteiger partial charge < -0.3 is 20.7 Å². The van der Waals surface area contributed by atoms with Gasteiger partial charge in [-0.15, -0.1) is 0 Å². The zero-order valence-corrected chi connectivity index (χ0v) is 9.54. The van der Waals surface area contributed by atoms with Crippen molar-refractivity contribution in [3.8, 4) is 0 Å². The summed E-state index contributed by atoms with van der Waals surface area (Å²) in [6.45, 7) is -0.0208. The molecule has 18 heavy (non-hydrogen) atoms. The van der Waals surface area contributed by atoms with Gasteiger partial charge in [0, 0.05) is 13.2 Å². The number of hydrogen-bond donors (Lipinski definition) is 3. The number of H-pyrrole nitrogens is 1. The molecular formula is C10H11N5O3. The first-order chi connectivity index (χ1) is 8.49. The molecule has 2 aromatic heterocycles. The summed E-state index contributed by atoms with van der Waals surface area (Å²) in [7, 11) is 1.62. The molecule has 0 aliphatic rings. The van der Waals surface area contributed by atoms with E-state index in [0.29, 0.717) is 11.5 Å². The van der Waals surface area contributed by atoms with Crippen LogP contribution in [-0.4, -0.2) is 45.5 Å². The fourth-order valence-electron chi connectivity index (χ4n) is 1.54. The first-order valence-electron chi connectivity index (χ1n) is 5.06. The monoisotopic (exact) mass is 249 g/mol. The number of carbonyl (C=O) groups excluding carboxylic acids is 1. The Morgan fingerprint density at radius 2 is 2.28 bits per heavy atom. The summed E-state index contributed by atoms with van der Waals surface area (Å²) in [6.07, 6.45) is 2.76. The van der Waals surface area contributed by atoms with Crippen molar-refractivity contribution in [2.45, 2.75) is 0 Å². The third-order valence-corrected chi connectivity index (χ3v) is 2.38. The number of nitrogens with one attached hydrogen (secondary N) is 1. The van der Waals surface area contributed by atoms with Crippen molar-refractivity contribution in [3.05, 3.63) is 18.0 Å². The highest BCUT2D eigenvalue weighted by Crippen LogP contribution is 2.17. The number of carboxylic acid groups (broad SMARTS) is 1. The standard InChI is InChI=1S/C10H11N5O3/c1-15(4-6(11)16)7-3-13-9-8(14-7)5(2-12-9)10(17)18/h2-3H,4H2,1H3,(H2,11,16)(H,12,13)(H,17,18). The summed E-state index contributed by atoms with van der Waals surface area (Å²) in [4.78, 5) is 34.2. The quantitative estimate of drug-likeness (QED) is 0.675. The van der Waals surface area contributed by atoms with Gasteiger partial charge in [-0.2, -0.15) is 0 Å². The number of amides is 1. The van der Waals surface area contributed by atoms with Crippen LogP contribution in [0.1, 0.15) is 10.4 Å². The van der Waals surface area contributed by atoms with Crippen LogP contribution in [0.2, 0.25) is 0 Å². The zero-order chi connectivity index (χ0) is 13.3. The second kappa shape index (κ2) is 4.32. The van der Waals surface area contributed by atoms with E-state index in [1.807, 2.05) is 0 Å². The molecule has 0 unspecified atom stereocenters. The maximum Gasteiger partial charge on any atom is 0.339 e. The molecule has 1 amide bonds. The number of hydrogen-bond acceptors (Lipinski definition) is 5. The van der Waals surface area contributed by atoms with Crippen molar-refractivity contribution >= 4 is 28.9 Å². The molecule has 0 saturated heterocycles. The lowest BCUT2D eigenvalue weighted by Crippen LogP contribution is -2.31. The number of anilines is 1. The molecule has 2 aromatic rings. The van der Waals surface area contributed by atoms with Gasteiger partial charge in [-0.25, -0.2) is 14.8 Å². The summed E-state index contributed by atoms with van der Waals surface area (Å²) in [5.41, 5.74) is 5.73. The van der Waals surface area contributed by atoms with Crippen molar-refractivity contribution in [3.63, 3.8) is 0 Å². The number of aromatic carboxylic acids is 1. The smallest absolute Gasteiger partial charge is 0.339 e. The van der Waals surface area contributed by atoms with E-state index in [1.165, 1.54) is 17.3 Å². The number of aromatic amines is 1. The number of fused-ring (bicyclic) bond motifs is 1. The molecule has 0 radical (unpaired) electrons. The summed E-state index contributed by atoms with van der Waals surface area (Å²) >= 11 is 0. The topological polar surface area (TPSA) is 125 Å². The molecule has 2 heterocycles. The molecule has 0 atom stereocenters. The molecule has 0 aliphatic carbocycles. The summed E-state index contributed by atoms with van der Waals surface area (Å²) in [5.74, 6) is -1.22. The summed E-state index contributed by atoms with van der Waals surface area (Å²) < 4.78 is 0. The summed E-state index contributed by atoms with van der Waals surface area (Å²) in [6, 6.07) is 0. The normalized spacial score (nSPS) is 10.5. The second-order valence-electron chi connectivity index (χ2n) is 3.76. The van der Waals surface area contributed by atoms with Crippen molar-refractivity contribution in [2.24, 2.45) is 5.73 Å². The Labute approximate surface area is 101 Å². The molecule has 0 spiro atoms. The first kappa shape index (κ1) is 11.8. The van der Waals surface area contributed by atoms with Crippen LogP contribution in [0.3, 0.4) is 0 Å². The van der Waals surface area contributed by atoms with E-state index in [1.54, 1.807) is 7.05 Å². The number of carboxylic acids is 1. The van der Waals surface area contributed by atoms with Gasteiger partial charge in [-0.3, -0.25) is 4.79 Å². The number of likely N-dealkylation sites (N-methyl/N-ethyl adjacent to an activating group) is 1. The molecule has 8 heteroatoms. The highest BCUT2D eigenvalue weighted by atomic mass is 16.4. The van der Waals surface area contributed by atoms with E-state index in [2.05, 4.69) is 15.0 Å². The van der Waals surface area contributed by atoms with Crippen LogP contribution in [0, 0.1) is 0 Å². The predicted molar refractivity (Wildman–Crippen MR) is 63.3 cm³/mol. The van der Waals surface area contributed by atoms with Crippen LogP contribution in [-0.2, 0) is 4.79 Å². The number of aromatic nitrogens is 3. The molecule has 0 aliphatic heterocycles. The van der Waals surface area contributed by atoms with Crippen molar-refractivity contribution in [2.75, 3.05) is 18.5 Å². The molecule has 8 nitrogen and oxygen atoms in total. The highest BCUT2D eigenvalue weighted by Gasteiger charge is 2.15. The van der Waals surface area contributed by atoms with Crippen LogP contribution in [0.4, 0.5) is 5.82 Å². The fourth-order valence-corrected chi connectivity index (χ4v) is 1.54. The van der Waals surface area contributed by atoms with Gasteiger partial charge in [0.2, 0.25) is 5.91 Å². The number of nitrogens with two attached hydrogens (primary N) is 1. The molecule has 0 aromatic carbocycles. The number of nitrogens with zero attached hydrogens (tertiary/aromatic N) is 3. The molecular weight excluding hydrogens is 238 g/mol. The number of rotatable bonds is 4. The van der Waals surface area contributed by atoms with Gasteiger partial charge in [-0.05, 0) is 0 Å². The minimum absolute atomic E-state index is 0.0208. The van der Waals surface area contributed by atoms with Gasteiger partial charge in [0.1, 0.15) is 16.9 Å². The third-order valence-electron chi connectivity index (χ3n) is 2.38. The summed E-state index contributed by atoms with van der Waals surface area (Å²) in [5, 5.41) is 8.97. The minimum atomic E-state index is -1.09. The van der Waals surface area contributed by atoms with Crippen LogP contribution >= 0.6 is 0 Å². The molecule has 94 valence electrons. The van der Waals surface area contributed by atoms with Crippen molar-refractivity contribution in [1.82, 2.24) is 15.0 Å². The Kier molecular flexibility index (Phi) is 2.84. The Morgan fingerprint density at radius 3 is 2.89 bits per heavy atom. The van der Waals surface area contributed by atoms with Gasteiger partial charge in [-0.1, -0.05) is 0 Å². The molecule has 0 bridgehead atoms. The maximum atomic E-state index is 11.0. The first-order valence-corrected chi connectivity index (χ1v) is 5.06.